The molecule has 30 heavy (non-hydrogen) atoms. The van der Waals surface area contributed by atoms with E-state index in [1.807, 2.05) is 0 Å². The molecule has 0 unspecified atom stereocenters. The van der Waals surface area contributed by atoms with Crippen LogP contribution in [0.5, 0.6) is 0 Å². The van der Waals surface area contributed by atoms with E-state index in [1.54, 1.807) is 5.32 Å². The molecule has 0 aliphatic rings. The molecule has 1 aromatic heterocycles. The molecule has 0 saturated carbocycles. The lowest BCUT2D eigenvalue weighted by Gasteiger charge is -2.16. The maximum absolute atomic E-state index is 13.3. The summed E-state index contributed by atoms with van der Waals surface area (Å²) in [6, 6.07) is 0.270. The molecule has 2 aromatic rings. The SMILES string of the molecule is O=[N+]([O-])c1cc(C(F)(F)F)c(Cl)c([N+](=O)[O-])c1Nc1nc(Cl)c(Br)cc1C(F)(F)F. The van der Waals surface area contributed by atoms with Crippen molar-refractivity contribution in [2.45, 2.75) is 12.4 Å². The van der Waals surface area contributed by atoms with Gasteiger partial charge in [0, 0.05) is 6.07 Å². The highest BCUT2D eigenvalue weighted by atomic mass is 79.9. The lowest BCUT2D eigenvalue weighted by atomic mass is 10.1. The Morgan fingerprint density at radius 2 is 1.50 bits per heavy atom. The first-order valence-corrected chi connectivity index (χ1v) is 8.53. The molecule has 162 valence electrons. The van der Waals surface area contributed by atoms with Crippen LogP contribution in [0.3, 0.4) is 0 Å². The molecular formula is C13H3BrCl2F6N4O4. The van der Waals surface area contributed by atoms with Crippen LogP contribution in [0.25, 0.3) is 0 Å². The summed E-state index contributed by atoms with van der Waals surface area (Å²) in [5.41, 5.74) is -8.08. The monoisotopic (exact) mass is 542 g/mol. The Labute approximate surface area is 179 Å². The number of aromatic nitrogens is 1. The molecule has 0 fully saturated rings. The molecule has 0 amide bonds. The average Bonchev–Trinajstić information content (AvgIpc) is 2.55. The predicted molar refractivity (Wildman–Crippen MR) is 95.0 cm³/mol. The zero-order valence-corrected chi connectivity index (χ0v) is 16.6. The zero-order valence-electron chi connectivity index (χ0n) is 13.5. The van der Waals surface area contributed by atoms with Crippen molar-refractivity contribution >= 4 is 62.0 Å². The van der Waals surface area contributed by atoms with Crippen LogP contribution in [-0.2, 0) is 12.4 Å². The number of pyridine rings is 1. The average molecular weight is 544 g/mol. The Bertz CT molecular complexity index is 1060. The van der Waals surface area contributed by atoms with Crippen LogP contribution in [-0.4, -0.2) is 14.8 Å². The van der Waals surface area contributed by atoms with Crippen molar-refractivity contribution in [2.24, 2.45) is 0 Å². The molecule has 1 N–H and O–H groups in total. The largest absolute Gasteiger partial charge is 0.420 e. The van der Waals surface area contributed by atoms with Crippen molar-refractivity contribution < 1.29 is 36.2 Å². The van der Waals surface area contributed by atoms with Gasteiger partial charge in [-0.1, -0.05) is 23.2 Å². The van der Waals surface area contributed by atoms with Gasteiger partial charge in [-0.25, -0.2) is 4.98 Å². The lowest BCUT2D eigenvalue weighted by molar-refractivity contribution is -0.392. The molecule has 0 radical (unpaired) electrons. The first-order valence-electron chi connectivity index (χ1n) is 6.98. The van der Waals surface area contributed by atoms with Gasteiger partial charge in [-0.3, -0.25) is 20.2 Å². The third-order valence-electron chi connectivity index (χ3n) is 3.39. The fourth-order valence-electron chi connectivity index (χ4n) is 2.17. The number of hydrogen-bond acceptors (Lipinski definition) is 6. The Morgan fingerprint density at radius 1 is 0.967 bits per heavy atom. The normalized spacial score (nSPS) is 12.0. The second-order valence-corrected chi connectivity index (χ2v) is 6.86. The van der Waals surface area contributed by atoms with Crippen LogP contribution in [0.4, 0.5) is 49.2 Å². The Hall–Kier alpha value is -2.39. The number of nitro benzene ring substituents is 2. The van der Waals surface area contributed by atoms with Crippen molar-refractivity contribution in [2.75, 3.05) is 5.32 Å². The molecule has 0 bridgehead atoms. The second-order valence-electron chi connectivity index (χ2n) is 5.27. The standard InChI is InChI=1S/C13H3BrCl2F6N4O4/c14-5-1-4(13(20,21)22)11(24-10(5)16)23-8-6(25(27)28)2-3(12(17,18)19)7(15)9(8)26(29)30/h1-2H,(H,23,24). The van der Waals surface area contributed by atoms with E-state index in [0.717, 1.165) is 0 Å². The number of alkyl halides is 6. The van der Waals surface area contributed by atoms with E-state index in [1.165, 1.54) is 0 Å². The van der Waals surface area contributed by atoms with Crippen molar-refractivity contribution in [1.29, 1.82) is 0 Å². The Morgan fingerprint density at radius 3 is 1.93 bits per heavy atom. The van der Waals surface area contributed by atoms with Crippen LogP contribution in [0, 0.1) is 20.2 Å². The van der Waals surface area contributed by atoms with Crippen molar-refractivity contribution in [3.05, 3.63) is 58.1 Å². The molecule has 1 aromatic carbocycles. The molecule has 0 aliphatic carbocycles. The molecule has 0 saturated heterocycles. The van der Waals surface area contributed by atoms with Crippen molar-refractivity contribution in [3.8, 4) is 0 Å². The summed E-state index contributed by atoms with van der Waals surface area (Å²) in [7, 11) is 0. The minimum atomic E-state index is -5.33. The number of nitrogens with zero attached hydrogens (tertiary/aromatic N) is 3. The summed E-state index contributed by atoms with van der Waals surface area (Å²) in [5.74, 6) is -1.24. The summed E-state index contributed by atoms with van der Waals surface area (Å²) >= 11 is 13.7. The zero-order chi connectivity index (χ0) is 23.2. The van der Waals surface area contributed by atoms with E-state index < -0.39 is 66.4 Å². The van der Waals surface area contributed by atoms with Crippen LogP contribution in [0.15, 0.2) is 16.6 Å². The lowest BCUT2D eigenvalue weighted by Crippen LogP contribution is -2.14. The van der Waals surface area contributed by atoms with Crippen molar-refractivity contribution in [3.63, 3.8) is 0 Å². The smallest absolute Gasteiger partial charge is 0.328 e. The number of rotatable bonds is 4. The summed E-state index contributed by atoms with van der Waals surface area (Å²) < 4.78 is 78.8. The van der Waals surface area contributed by atoms with E-state index in [9.17, 15) is 46.6 Å². The number of nitro groups is 2. The summed E-state index contributed by atoms with van der Waals surface area (Å²) in [4.78, 5) is 22.9. The molecule has 0 aliphatic heterocycles. The third-order valence-corrected chi connectivity index (χ3v) is 4.89. The molecule has 17 heteroatoms. The highest BCUT2D eigenvalue weighted by Crippen LogP contribution is 2.49. The highest BCUT2D eigenvalue weighted by Gasteiger charge is 2.43. The molecule has 0 atom stereocenters. The van der Waals surface area contributed by atoms with Gasteiger partial charge in [0.15, 0.2) is 5.69 Å². The number of hydrogen-bond donors (Lipinski definition) is 1. The van der Waals surface area contributed by atoms with Crippen molar-refractivity contribution in [1.82, 2.24) is 4.98 Å². The summed E-state index contributed by atoms with van der Waals surface area (Å²) in [5, 5.41) is 22.1. The molecule has 2 rings (SSSR count). The van der Waals surface area contributed by atoms with Crippen LogP contribution in [0.2, 0.25) is 10.2 Å². The molecule has 1 heterocycles. The Balaban J connectivity index is 2.90. The Kier molecular flexibility index (Phi) is 6.40. The van der Waals surface area contributed by atoms with E-state index in [4.69, 9.17) is 23.2 Å². The first kappa shape index (κ1) is 23.9. The molecule has 0 spiro atoms. The fourth-order valence-corrected chi connectivity index (χ4v) is 2.95. The molecular weight excluding hydrogens is 541 g/mol. The van der Waals surface area contributed by atoms with Crippen LogP contribution in [0.1, 0.15) is 11.1 Å². The summed E-state index contributed by atoms with van der Waals surface area (Å²) in [6.07, 6.45) is -10.5. The van der Waals surface area contributed by atoms with Gasteiger partial charge in [0.25, 0.3) is 0 Å². The number of halogens is 9. The van der Waals surface area contributed by atoms with Gasteiger partial charge in [-0.15, -0.1) is 0 Å². The van der Waals surface area contributed by atoms with Gasteiger partial charge in [0.2, 0.25) is 0 Å². The van der Waals surface area contributed by atoms with E-state index >= 15 is 0 Å². The number of nitrogens with one attached hydrogen (secondary N) is 1. The highest BCUT2D eigenvalue weighted by molar-refractivity contribution is 9.10. The second kappa shape index (κ2) is 8.03. The predicted octanol–water partition coefficient (Wildman–Crippen LogP) is 6.75. The minimum Gasteiger partial charge on any atom is -0.328 e. The van der Waals surface area contributed by atoms with Gasteiger partial charge in [0.1, 0.15) is 16.0 Å². The number of benzene rings is 1. The van der Waals surface area contributed by atoms with Gasteiger partial charge < -0.3 is 5.32 Å². The van der Waals surface area contributed by atoms with E-state index in [0.29, 0.717) is 6.07 Å². The maximum Gasteiger partial charge on any atom is 0.420 e. The van der Waals surface area contributed by atoms with Gasteiger partial charge >= 0.3 is 23.7 Å². The molecule has 8 nitrogen and oxygen atoms in total. The maximum atomic E-state index is 13.3. The van der Waals surface area contributed by atoms with E-state index in [-0.39, 0.29) is 10.5 Å². The first-order chi connectivity index (χ1) is 13.6. The summed E-state index contributed by atoms with van der Waals surface area (Å²) in [6.45, 7) is 0. The van der Waals surface area contributed by atoms with Crippen LogP contribution < -0.4 is 5.32 Å². The number of anilines is 2. The minimum absolute atomic E-state index is 0.147. The van der Waals surface area contributed by atoms with Gasteiger partial charge in [-0.05, 0) is 22.0 Å². The van der Waals surface area contributed by atoms with E-state index in [2.05, 4.69) is 20.9 Å². The third kappa shape index (κ3) is 4.67. The quantitative estimate of drug-likeness (QED) is 0.198. The van der Waals surface area contributed by atoms with Crippen LogP contribution >= 0.6 is 39.1 Å². The van der Waals surface area contributed by atoms with Gasteiger partial charge in [-0.2, -0.15) is 26.3 Å². The fraction of sp³-hybridized carbons (Fsp3) is 0.154. The van der Waals surface area contributed by atoms with Gasteiger partial charge in [0.05, 0.1) is 25.4 Å². The topological polar surface area (TPSA) is 111 Å².